The highest BCUT2D eigenvalue weighted by atomic mass is 16.6. The molecule has 0 radical (unpaired) electrons. The van der Waals surface area contributed by atoms with Gasteiger partial charge in [0.25, 0.3) is 0 Å². The Hall–Kier alpha value is -3.16. The predicted octanol–water partition coefficient (Wildman–Crippen LogP) is 4.16. The molecular formula is C19H23N5O3. The summed E-state index contributed by atoms with van der Waals surface area (Å²) in [5.74, 6) is 1.44. The standard InChI is InChI=1S/C16H15N5O3.C3H8/c1-10(14-19-11-4-2-3-5-12(11)24-14)18-15-17-7-6-13(20-15)21-8-9-23-16(21)22;1-3-2/h2-7,10H,8-9H2,1H3,(H,17,18,20);3H2,1-2H3. The maximum absolute atomic E-state index is 11.6. The molecule has 1 aromatic carbocycles. The molecule has 0 saturated carbocycles. The van der Waals surface area contributed by atoms with Crippen LogP contribution in [-0.2, 0) is 4.74 Å². The lowest BCUT2D eigenvalue weighted by Crippen LogP contribution is -2.25. The molecule has 1 aliphatic heterocycles. The SMILES string of the molecule is CC(Nc1nccc(N2CCOC2=O)n1)c1nc2ccccc2o1.CCC. The van der Waals surface area contributed by atoms with E-state index < -0.39 is 6.09 Å². The highest BCUT2D eigenvalue weighted by Crippen LogP contribution is 2.23. The zero-order chi connectivity index (χ0) is 19.2. The van der Waals surface area contributed by atoms with Crippen LogP contribution >= 0.6 is 0 Å². The largest absolute Gasteiger partial charge is 0.447 e. The van der Waals surface area contributed by atoms with E-state index in [-0.39, 0.29) is 6.04 Å². The van der Waals surface area contributed by atoms with Crippen molar-refractivity contribution in [2.24, 2.45) is 0 Å². The Morgan fingerprint density at radius 2 is 2.00 bits per heavy atom. The minimum Gasteiger partial charge on any atom is -0.447 e. The van der Waals surface area contributed by atoms with Crippen LogP contribution < -0.4 is 10.2 Å². The fourth-order valence-corrected chi connectivity index (χ4v) is 2.50. The lowest BCUT2D eigenvalue weighted by molar-refractivity contribution is 0.181. The molecule has 1 fully saturated rings. The van der Waals surface area contributed by atoms with Gasteiger partial charge < -0.3 is 14.5 Å². The quantitative estimate of drug-likeness (QED) is 0.738. The maximum atomic E-state index is 11.6. The van der Waals surface area contributed by atoms with Gasteiger partial charge in [0.2, 0.25) is 11.8 Å². The third-order valence-corrected chi connectivity index (χ3v) is 3.70. The van der Waals surface area contributed by atoms with Crippen LogP contribution in [-0.4, -0.2) is 34.2 Å². The van der Waals surface area contributed by atoms with Gasteiger partial charge in [-0.2, -0.15) is 4.98 Å². The van der Waals surface area contributed by atoms with Crippen molar-refractivity contribution in [3.05, 3.63) is 42.4 Å². The molecule has 1 saturated heterocycles. The summed E-state index contributed by atoms with van der Waals surface area (Å²) in [6.07, 6.45) is 2.45. The number of carbonyl (C=O) groups excluding carboxylic acids is 1. The van der Waals surface area contributed by atoms with E-state index in [1.165, 1.54) is 11.3 Å². The molecule has 1 N–H and O–H groups in total. The van der Waals surface area contributed by atoms with Gasteiger partial charge >= 0.3 is 6.09 Å². The van der Waals surface area contributed by atoms with Crippen molar-refractivity contribution >= 4 is 29.0 Å². The second-order valence-corrected chi connectivity index (χ2v) is 6.10. The molecule has 3 aromatic rings. The van der Waals surface area contributed by atoms with Crippen LogP contribution in [0.15, 0.2) is 40.9 Å². The third-order valence-electron chi connectivity index (χ3n) is 3.70. The van der Waals surface area contributed by atoms with E-state index >= 15 is 0 Å². The lowest BCUT2D eigenvalue weighted by Gasteiger charge is -2.14. The second-order valence-electron chi connectivity index (χ2n) is 6.10. The molecule has 4 rings (SSSR count). The summed E-state index contributed by atoms with van der Waals surface area (Å²) in [4.78, 5) is 26.1. The summed E-state index contributed by atoms with van der Waals surface area (Å²) >= 11 is 0. The first-order chi connectivity index (χ1) is 13.1. The minimum absolute atomic E-state index is 0.224. The third kappa shape index (κ3) is 4.33. The molecule has 1 amide bonds. The predicted molar refractivity (Wildman–Crippen MR) is 103 cm³/mol. The van der Waals surface area contributed by atoms with E-state index in [1.807, 2.05) is 31.2 Å². The van der Waals surface area contributed by atoms with E-state index in [1.54, 1.807) is 12.3 Å². The Labute approximate surface area is 157 Å². The average Bonchev–Trinajstić information content (AvgIpc) is 3.28. The maximum Gasteiger partial charge on any atom is 0.415 e. The fraction of sp³-hybridized carbons (Fsp3) is 0.368. The number of aromatic nitrogens is 3. The number of hydrogen-bond acceptors (Lipinski definition) is 7. The number of anilines is 2. The lowest BCUT2D eigenvalue weighted by atomic mass is 10.3. The molecule has 1 aliphatic rings. The van der Waals surface area contributed by atoms with Crippen LogP contribution in [0, 0.1) is 0 Å². The van der Waals surface area contributed by atoms with Gasteiger partial charge in [-0.25, -0.2) is 14.8 Å². The number of carbonyl (C=O) groups is 1. The number of hydrogen-bond donors (Lipinski definition) is 1. The van der Waals surface area contributed by atoms with E-state index in [2.05, 4.69) is 34.1 Å². The molecule has 2 aromatic heterocycles. The van der Waals surface area contributed by atoms with Crippen LogP contribution in [0.25, 0.3) is 11.1 Å². The van der Waals surface area contributed by atoms with Crippen molar-refractivity contribution in [2.45, 2.75) is 33.2 Å². The molecule has 8 heteroatoms. The van der Waals surface area contributed by atoms with Crippen molar-refractivity contribution in [2.75, 3.05) is 23.4 Å². The number of amides is 1. The first kappa shape index (κ1) is 18.6. The summed E-state index contributed by atoms with van der Waals surface area (Å²) in [7, 11) is 0. The van der Waals surface area contributed by atoms with Crippen LogP contribution in [0.1, 0.15) is 39.1 Å². The number of cyclic esters (lactones) is 1. The molecule has 0 aliphatic carbocycles. The van der Waals surface area contributed by atoms with Crippen LogP contribution in [0.4, 0.5) is 16.6 Å². The molecule has 142 valence electrons. The zero-order valence-corrected chi connectivity index (χ0v) is 15.7. The van der Waals surface area contributed by atoms with Crippen molar-refractivity contribution in [1.29, 1.82) is 0 Å². The van der Waals surface area contributed by atoms with Crippen LogP contribution in [0.3, 0.4) is 0 Å². The van der Waals surface area contributed by atoms with Gasteiger partial charge in [-0.1, -0.05) is 32.4 Å². The molecule has 1 atom stereocenters. The fourth-order valence-electron chi connectivity index (χ4n) is 2.50. The molecule has 0 bridgehead atoms. The summed E-state index contributed by atoms with van der Waals surface area (Å²) in [5.41, 5.74) is 1.53. The number of nitrogens with one attached hydrogen (secondary N) is 1. The monoisotopic (exact) mass is 369 g/mol. The molecular weight excluding hydrogens is 346 g/mol. The molecule has 27 heavy (non-hydrogen) atoms. The Balaban J connectivity index is 0.000000659. The average molecular weight is 369 g/mol. The second kappa shape index (κ2) is 8.48. The minimum atomic E-state index is -0.397. The first-order valence-corrected chi connectivity index (χ1v) is 9.01. The van der Waals surface area contributed by atoms with E-state index in [0.29, 0.717) is 30.8 Å². The van der Waals surface area contributed by atoms with Crippen LogP contribution in [0.2, 0.25) is 0 Å². The summed E-state index contributed by atoms with van der Waals surface area (Å²) in [6.45, 7) is 7.01. The Kier molecular flexibility index (Phi) is 5.85. The smallest absolute Gasteiger partial charge is 0.415 e. The highest BCUT2D eigenvalue weighted by molar-refractivity contribution is 5.88. The molecule has 0 spiro atoms. The van der Waals surface area contributed by atoms with Crippen molar-refractivity contribution < 1.29 is 13.9 Å². The van der Waals surface area contributed by atoms with Gasteiger partial charge in [-0.15, -0.1) is 0 Å². The first-order valence-electron chi connectivity index (χ1n) is 9.01. The Morgan fingerprint density at radius 1 is 1.22 bits per heavy atom. The summed E-state index contributed by atoms with van der Waals surface area (Å²) < 4.78 is 10.7. The number of fused-ring (bicyclic) bond motifs is 1. The van der Waals surface area contributed by atoms with Gasteiger partial charge in [0.1, 0.15) is 24.0 Å². The number of para-hydroxylation sites is 2. The number of benzene rings is 1. The number of ether oxygens (including phenoxy) is 1. The van der Waals surface area contributed by atoms with Gasteiger partial charge in [0, 0.05) is 6.20 Å². The number of nitrogens with zero attached hydrogens (tertiary/aromatic N) is 4. The summed E-state index contributed by atoms with van der Waals surface area (Å²) in [5, 5.41) is 3.14. The van der Waals surface area contributed by atoms with Gasteiger partial charge in [-0.3, -0.25) is 4.90 Å². The number of rotatable bonds is 4. The highest BCUT2D eigenvalue weighted by Gasteiger charge is 2.25. The van der Waals surface area contributed by atoms with Crippen LogP contribution in [0.5, 0.6) is 0 Å². The van der Waals surface area contributed by atoms with E-state index in [0.717, 1.165) is 11.1 Å². The topological polar surface area (TPSA) is 93.4 Å². The van der Waals surface area contributed by atoms with Gasteiger partial charge in [-0.05, 0) is 25.1 Å². The zero-order valence-electron chi connectivity index (χ0n) is 15.7. The number of oxazole rings is 1. The van der Waals surface area contributed by atoms with E-state index in [4.69, 9.17) is 9.15 Å². The van der Waals surface area contributed by atoms with Crippen molar-refractivity contribution in [3.8, 4) is 0 Å². The van der Waals surface area contributed by atoms with E-state index in [9.17, 15) is 4.79 Å². The van der Waals surface area contributed by atoms with Gasteiger partial charge in [0.15, 0.2) is 5.58 Å². The van der Waals surface area contributed by atoms with Crippen molar-refractivity contribution in [3.63, 3.8) is 0 Å². The Morgan fingerprint density at radius 3 is 2.70 bits per heavy atom. The normalized spacial score (nSPS) is 14.5. The molecule has 1 unspecified atom stereocenters. The summed E-state index contributed by atoms with van der Waals surface area (Å²) in [6, 6.07) is 9.02. The van der Waals surface area contributed by atoms with Gasteiger partial charge in [0.05, 0.1) is 6.54 Å². The Bertz CT molecular complexity index is 878. The molecule has 3 heterocycles. The van der Waals surface area contributed by atoms with Crippen molar-refractivity contribution in [1.82, 2.24) is 15.0 Å². The molecule has 8 nitrogen and oxygen atoms in total.